The number of carbonyl (C=O) groups is 1. The van der Waals surface area contributed by atoms with E-state index in [9.17, 15) is 4.79 Å². The molecule has 0 bridgehead atoms. The Morgan fingerprint density at radius 3 is 2.29 bits per heavy atom. The van der Waals surface area contributed by atoms with Crippen LogP contribution in [0.15, 0.2) is 66.1 Å². The Balaban J connectivity index is 1.79. The van der Waals surface area contributed by atoms with Crippen molar-refractivity contribution >= 4 is 23.3 Å². The molecule has 0 N–H and O–H groups in total. The second-order valence-electron chi connectivity index (χ2n) is 6.86. The number of carbonyl (C=O) groups excluding carboxylic acids is 1. The summed E-state index contributed by atoms with van der Waals surface area (Å²) in [5, 5.41) is 2.03. The Labute approximate surface area is 187 Å². The Morgan fingerprint density at radius 2 is 1.65 bits per heavy atom. The topological polar surface area (TPSA) is 48.0 Å². The molecule has 1 heterocycles. The van der Waals surface area contributed by atoms with Gasteiger partial charge in [-0.3, -0.25) is 4.79 Å². The average molecular weight is 438 g/mol. The van der Waals surface area contributed by atoms with Crippen molar-refractivity contribution in [3.8, 4) is 17.2 Å². The number of methoxy groups -OCH3 is 3. The number of rotatable bonds is 10. The van der Waals surface area contributed by atoms with Gasteiger partial charge in [0.25, 0.3) is 0 Å². The number of thiophene rings is 1. The molecule has 31 heavy (non-hydrogen) atoms. The summed E-state index contributed by atoms with van der Waals surface area (Å²) in [6, 6.07) is 17.8. The maximum absolute atomic E-state index is 13.1. The van der Waals surface area contributed by atoms with Crippen molar-refractivity contribution in [1.82, 2.24) is 4.90 Å². The third kappa shape index (κ3) is 6.12. The molecule has 0 aliphatic heterocycles. The maximum atomic E-state index is 13.1. The zero-order valence-corrected chi connectivity index (χ0v) is 18.9. The van der Waals surface area contributed by atoms with Crippen LogP contribution in [0.5, 0.6) is 17.2 Å². The van der Waals surface area contributed by atoms with Gasteiger partial charge in [-0.2, -0.15) is 0 Å². The van der Waals surface area contributed by atoms with E-state index < -0.39 is 0 Å². The second-order valence-corrected chi connectivity index (χ2v) is 7.89. The standard InChI is InChI=1S/C25H27NO4S/c1-28-22-17-24(30-3)23(29-2)16-20(22)11-12-25(27)26(18-21-10-7-15-31-21)14-13-19-8-5-4-6-9-19/h4-12,15-17H,13-14,18H2,1-3H3/b12-11+. The van der Waals surface area contributed by atoms with E-state index in [0.29, 0.717) is 30.3 Å². The summed E-state index contributed by atoms with van der Waals surface area (Å²) in [4.78, 5) is 16.1. The van der Waals surface area contributed by atoms with E-state index in [-0.39, 0.29) is 5.91 Å². The highest BCUT2D eigenvalue weighted by atomic mass is 32.1. The van der Waals surface area contributed by atoms with E-state index in [2.05, 4.69) is 18.2 Å². The van der Waals surface area contributed by atoms with Gasteiger partial charge in [-0.25, -0.2) is 0 Å². The number of nitrogens with zero attached hydrogens (tertiary/aromatic N) is 1. The predicted octanol–water partition coefficient (Wildman–Crippen LogP) is 5.06. The molecule has 0 aliphatic carbocycles. The first kappa shape index (κ1) is 22.4. The van der Waals surface area contributed by atoms with Gasteiger partial charge >= 0.3 is 0 Å². The molecule has 6 heteroatoms. The maximum Gasteiger partial charge on any atom is 0.246 e. The zero-order chi connectivity index (χ0) is 22.1. The molecule has 0 atom stereocenters. The van der Waals surface area contributed by atoms with Crippen molar-refractivity contribution in [2.24, 2.45) is 0 Å². The van der Waals surface area contributed by atoms with Crippen molar-refractivity contribution < 1.29 is 19.0 Å². The first-order valence-corrected chi connectivity index (χ1v) is 10.9. The van der Waals surface area contributed by atoms with Crippen molar-refractivity contribution in [3.05, 3.63) is 82.1 Å². The molecule has 0 fully saturated rings. The minimum atomic E-state index is -0.0545. The van der Waals surface area contributed by atoms with E-state index in [1.54, 1.807) is 57.0 Å². The van der Waals surface area contributed by atoms with Crippen LogP contribution in [0.25, 0.3) is 6.08 Å². The monoisotopic (exact) mass is 437 g/mol. The number of hydrogen-bond donors (Lipinski definition) is 0. The van der Waals surface area contributed by atoms with Crippen molar-refractivity contribution in [2.45, 2.75) is 13.0 Å². The van der Waals surface area contributed by atoms with Crippen molar-refractivity contribution in [1.29, 1.82) is 0 Å². The van der Waals surface area contributed by atoms with Gasteiger partial charge in [0.2, 0.25) is 5.91 Å². The first-order chi connectivity index (χ1) is 15.1. The van der Waals surface area contributed by atoms with E-state index in [4.69, 9.17) is 14.2 Å². The van der Waals surface area contributed by atoms with Gasteiger partial charge in [0.1, 0.15) is 5.75 Å². The summed E-state index contributed by atoms with van der Waals surface area (Å²) in [5.41, 5.74) is 1.95. The van der Waals surface area contributed by atoms with Gasteiger partial charge in [-0.15, -0.1) is 11.3 Å². The smallest absolute Gasteiger partial charge is 0.246 e. The highest BCUT2D eigenvalue weighted by Gasteiger charge is 2.14. The van der Waals surface area contributed by atoms with Crippen LogP contribution in [-0.4, -0.2) is 38.7 Å². The van der Waals surface area contributed by atoms with Crippen LogP contribution < -0.4 is 14.2 Å². The lowest BCUT2D eigenvalue weighted by molar-refractivity contribution is -0.126. The van der Waals surface area contributed by atoms with Gasteiger partial charge in [0, 0.05) is 29.1 Å². The molecule has 2 aromatic carbocycles. The minimum absolute atomic E-state index is 0.0545. The van der Waals surface area contributed by atoms with Crippen LogP contribution in [-0.2, 0) is 17.8 Å². The molecular weight excluding hydrogens is 410 g/mol. The molecule has 0 spiro atoms. The largest absolute Gasteiger partial charge is 0.496 e. The number of ether oxygens (including phenoxy) is 3. The molecule has 0 saturated heterocycles. The van der Waals surface area contributed by atoms with Gasteiger partial charge in [-0.1, -0.05) is 36.4 Å². The Hall–Kier alpha value is -3.25. The molecule has 3 aromatic rings. The van der Waals surface area contributed by atoms with Crippen molar-refractivity contribution in [3.63, 3.8) is 0 Å². The van der Waals surface area contributed by atoms with Crippen LogP contribution in [0, 0.1) is 0 Å². The molecule has 3 rings (SSSR count). The molecule has 0 saturated carbocycles. The average Bonchev–Trinajstić information content (AvgIpc) is 3.33. The van der Waals surface area contributed by atoms with Crippen LogP contribution in [0.4, 0.5) is 0 Å². The predicted molar refractivity (Wildman–Crippen MR) is 125 cm³/mol. The fourth-order valence-corrected chi connectivity index (χ4v) is 3.94. The van der Waals surface area contributed by atoms with Gasteiger partial charge in [0.05, 0.1) is 27.9 Å². The molecule has 162 valence electrons. The summed E-state index contributed by atoms with van der Waals surface area (Å²) in [6.45, 7) is 1.21. The lowest BCUT2D eigenvalue weighted by Gasteiger charge is -2.21. The summed E-state index contributed by atoms with van der Waals surface area (Å²) in [7, 11) is 4.74. The molecule has 5 nitrogen and oxygen atoms in total. The SMILES string of the molecule is COc1cc(OC)c(OC)cc1/C=C/C(=O)N(CCc1ccccc1)Cc1cccs1. The zero-order valence-electron chi connectivity index (χ0n) is 18.0. The number of benzene rings is 2. The minimum Gasteiger partial charge on any atom is -0.496 e. The highest BCUT2D eigenvalue weighted by Crippen LogP contribution is 2.35. The summed E-state index contributed by atoms with van der Waals surface area (Å²) in [5.74, 6) is 1.71. The molecule has 1 amide bonds. The van der Waals surface area contributed by atoms with Crippen LogP contribution >= 0.6 is 11.3 Å². The van der Waals surface area contributed by atoms with E-state index in [0.717, 1.165) is 16.9 Å². The molecule has 1 aromatic heterocycles. The third-order valence-electron chi connectivity index (χ3n) is 4.89. The van der Waals surface area contributed by atoms with Gasteiger partial charge in [-0.05, 0) is 35.6 Å². The summed E-state index contributed by atoms with van der Waals surface area (Å²) in [6.07, 6.45) is 4.14. The van der Waals surface area contributed by atoms with E-state index >= 15 is 0 Å². The normalized spacial score (nSPS) is 10.8. The number of hydrogen-bond acceptors (Lipinski definition) is 5. The Morgan fingerprint density at radius 1 is 0.935 bits per heavy atom. The Bertz CT molecular complexity index is 1000. The van der Waals surface area contributed by atoms with Gasteiger partial charge in [0.15, 0.2) is 11.5 Å². The molecular formula is C25H27NO4S. The summed E-state index contributed by atoms with van der Waals surface area (Å²) < 4.78 is 16.2. The molecule has 0 radical (unpaired) electrons. The quantitative estimate of drug-likeness (QED) is 0.416. The van der Waals surface area contributed by atoms with E-state index in [1.165, 1.54) is 5.56 Å². The van der Waals surface area contributed by atoms with Crippen LogP contribution in [0.1, 0.15) is 16.0 Å². The fourth-order valence-electron chi connectivity index (χ4n) is 3.22. The van der Waals surface area contributed by atoms with Crippen LogP contribution in [0.2, 0.25) is 0 Å². The summed E-state index contributed by atoms with van der Waals surface area (Å²) >= 11 is 1.65. The first-order valence-electron chi connectivity index (χ1n) is 9.98. The molecule has 0 aliphatic rings. The third-order valence-corrected chi connectivity index (χ3v) is 5.75. The lowest BCUT2D eigenvalue weighted by atomic mass is 10.1. The molecule has 0 unspecified atom stereocenters. The van der Waals surface area contributed by atoms with Gasteiger partial charge < -0.3 is 19.1 Å². The van der Waals surface area contributed by atoms with Crippen molar-refractivity contribution in [2.75, 3.05) is 27.9 Å². The highest BCUT2D eigenvalue weighted by molar-refractivity contribution is 7.09. The fraction of sp³-hybridized carbons (Fsp3) is 0.240. The van der Waals surface area contributed by atoms with Crippen LogP contribution in [0.3, 0.4) is 0 Å². The Kier molecular flexibility index (Phi) is 8.12. The number of amides is 1. The second kappa shape index (κ2) is 11.2. The van der Waals surface area contributed by atoms with E-state index in [1.807, 2.05) is 34.5 Å². The lowest BCUT2D eigenvalue weighted by Crippen LogP contribution is -2.30.